The molecule has 0 spiro atoms. The zero-order valence-corrected chi connectivity index (χ0v) is 57.1. The molecule has 1 atom stereocenters. The summed E-state index contributed by atoms with van der Waals surface area (Å²) >= 11 is 0. The van der Waals surface area contributed by atoms with Gasteiger partial charge in [-0.3, -0.25) is 18.9 Å². The summed E-state index contributed by atoms with van der Waals surface area (Å²) in [7, 11) is -1.03. The molecule has 527 valence electrons. The lowest BCUT2D eigenvalue weighted by atomic mass is 10.3. The normalized spacial score (nSPS) is 10.6. The van der Waals surface area contributed by atoms with E-state index in [1.54, 1.807) is 101 Å². The number of aliphatic hydroxyl groups is 2. The summed E-state index contributed by atoms with van der Waals surface area (Å²) < 4.78 is 81.7. The second-order valence-electron chi connectivity index (χ2n) is 17.4. The number of oxazole rings is 7. The maximum absolute atomic E-state index is 11.8. The third-order valence-electron chi connectivity index (χ3n) is 9.81. The van der Waals surface area contributed by atoms with Gasteiger partial charge in [-0.25, -0.2) is 44.5 Å². The van der Waals surface area contributed by atoms with Gasteiger partial charge < -0.3 is 79.0 Å². The third-order valence-corrected chi connectivity index (χ3v) is 11.8. The molecule has 1 fully saturated rings. The Morgan fingerprint density at radius 1 is 0.596 bits per heavy atom. The number of carbonyl (C=O) groups is 6. The maximum atomic E-state index is 11.8. The summed E-state index contributed by atoms with van der Waals surface area (Å²) in [6.07, 6.45) is 20.8. The molecule has 30 nitrogen and oxygen atoms in total. The Bertz CT molecular complexity index is 3120. The van der Waals surface area contributed by atoms with Crippen molar-refractivity contribution in [2.24, 2.45) is 0 Å². The highest BCUT2D eigenvalue weighted by Gasteiger charge is 2.28. The van der Waals surface area contributed by atoms with E-state index in [9.17, 15) is 33.3 Å². The monoisotopic (exact) mass is 1370 g/mol. The van der Waals surface area contributed by atoms with Crippen molar-refractivity contribution >= 4 is 67.8 Å². The van der Waals surface area contributed by atoms with Gasteiger partial charge in [-0.05, 0) is 60.0 Å². The van der Waals surface area contributed by atoms with Crippen LogP contribution in [0.5, 0.6) is 0 Å². The van der Waals surface area contributed by atoms with E-state index in [1.807, 2.05) is 6.92 Å². The zero-order valence-electron chi connectivity index (χ0n) is 56.0. The summed E-state index contributed by atoms with van der Waals surface area (Å²) in [4.78, 5) is 89.4. The Kier molecular flexibility index (Phi) is 56.3. The number of aromatic carboxylic acids is 1. The average Bonchev–Trinajstić information content (AvgIpc) is 1.97. The first-order valence-corrected chi connectivity index (χ1v) is 31.4. The number of carbonyl (C=O) groups excluding carboxylic acids is 5. The number of aldehydes is 2. The number of ether oxygens (including phenoxy) is 4. The number of carboxylic acids is 1. The summed E-state index contributed by atoms with van der Waals surface area (Å²) in [5.74, 6) is 5.39. The van der Waals surface area contributed by atoms with Crippen LogP contribution in [0, 0.1) is 48.5 Å². The van der Waals surface area contributed by atoms with E-state index in [0.717, 1.165) is 49.6 Å². The van der Waals surface area contributed by atoms with Crippen LogP contribution in [-0.2, 0) is 77.6 Å². The highest BCUT2D eigenvalue weighted by molar-refractivity contribution is 7.54. The lowest BCUT2D eigenvalue weighted by molar-refractivity contribution is -0.143. The van der Waals surface area contributed by atoms with Crippen LogP contribution in [0.3, 0.4) is 0 Å². The number of aromatic nitrogens is 7. The van der Waals surface area contributed by atoms with Gasteiger partial charge in [0.2, 0.25) is 5.76 Å². The minimum absolute atomic E-state index is 0. The first-order chi connectivity index (χ1) is 44.4. The van der Waals surface area contributed by atoms with E-state index >= 15 is 0 Å². The molecule has 0 saturated carbocycles. The number of aryl methyl sites for hydroxylation is 10. The fourth-order valence-electron chi connectivity index (χ4n) is 6.04. The second kappa shape index (κ2) is 58.8. The van der Waals surface area contributed by atoms with Crippen LogP contribution in [-0.4, -0.2) is 161 Å². The van der Waals surface area contributed by atoms with Gasteiger partial charge in [0, 0.05) is 111 Å². The van der Waals surface area contributed by atoms with Gasteiger partial charge in [0.05, 0.1) is 82.8 Å². The number of hydrogen-bond donors (Lipinski definition) is 3. The van der Waals surface area contributed by atoms with Crippen LogP contribution in [0.25, 0.3) is 6.08 Å². The largest absolute Gasteiger partial charge is 0.475 e. The van der Waals surface area contributed by atoms with Crippen molar-refractivity contribution in [1.82, 2.24) is 34.9 Å². The summed E-state index contributed by atoms with van der Waals surface area (Å²) in [6, 6.07) is 0. The molecule has 33 heteroatoms. The van der Waals surface area contributed by atoms with Crippen molar-refractivity contribution in [1.29, 1.82) is 0 Å². The quantitative estimate of drug-likeness (QED) is 0.0134. The minimum atomic E-state index is -3.28. The summed E-state index contributed by atoms with van der Waals surface area (Å²) in [6.45, 7) is 24.8. The number of aliphatic hydroxyl groups excluding tert-OH is 2. The van der Waals surface area contributed by atoms with E-state index in [4.69, 9.17) is 61.7 Å². The molecule has 0 amide bonds. The number of esters is 3. The van der Waals surface area contributed by atoms with Gasteiger partial charge in [0.25, 0.3) is 0 Å². The molecule has 1 saturated heterocycles. The topological polar surface area (TPSA) is 418 Å². The Labute approximate surface area is 556 Å². The van der Waals surface area contributed by atoms with Gasteiger partial charge in [-0.1, -0.05) is 14.1 Å². The third kappa shape index (κ3) is 49.6. The fraction of sp³-hybridized carbons (Fsp3) is 0.525. The van der Waals surface area contributed by atoms with Crippen molar-refractivity contribution in [2.45, 2.75) is 148 Å². The van der Waals surface area contributed by atoms with Gasteiger partial charge >= 0.3 is 31.5 Å². The molecule has 94 heavy (non-hydrogen) atoms. The van der Waals surface area contributed by atoms with E-state index < -0.39 is 19.5 Å². The van der Waals surface area contributed by atoms with Crippen LogP contribution in [0.15, 0.2) is 80.4 Å². The Morgan fingerprint density at radius 3 is 1.33 bits per heavy atom. The van der Waals surface area contributed by atoms with Crippen molar-refractivity contribution in [3.63, 3.8) is 0 Å². The number of carboxylic acid groups (broad SMARTS) is 1. The Hall–Kier alpha value is -8.05. The molecular weight excluding hydrogens is 1270 g/mol. The molecule has 0 aromatic carbocycles. The first-order valence-electron chi connectivity index (χ1n) is 29.5. The smallest absolute Gasteiger partial charge is 0.373 e. The number of rotatable bonds is 23. The van der Waals surface area contributed by atoms with Crippen LogP contribution in [0.1, 0.15) is 168 Å². The molecule has 1 aliphatic heterocycles. The molecule has 7 aromatic rings. The highest BCUT2D eigenvalue weighted by atomic mass is 31.2. The van der Waals surface area contributed by atoms with E-state index in [2.05, 4.69) is 58.0 Å². The molecule has 7 aromatic heterocycles. The van der Waals surface area contributed by atoms with Gasteiger partial charge in [-0.2, -0.15) is 0 Å². The van der Waals surface area contributed by atoms with Crippen LogP contribution < -0.4 is 0 Å². The summed E-state index contributed by atoms with van der Waals surface area (Å²) in [5, 5.41) is 25.2. The van der Waals surface area contributed by atoms with Crippen molar-refractivity contribution in [3.8, 4) is 0 Å². The Balaban J connectivity index is -0.000000323. The number of nitrogens with zero attached hydrogens (tertiary/aromatic N) is 7. The highest BCUT2D eigenvalue weighted by Crippen LogP contribution is 2.47. The van der Waals surface area contributed by atoms with Crippen LogP contribution in [0.2, 0.25) is 0 Å². The minimum Gasteiger partial charge on any atom is -0.475 e. The van der Waals surface area contributed by atoms with E-state index in [0.29, 0.717) is 105 Å². The fourth-order valence-corrected chi connectivity index (χ4v) is 7.49. The molecule has 3 N–H and O–H groups in total. The SMILES string of the molecule is C.C1CCOC1.CCOC(=O)/C=C/c1cnc(C)o1.CCOC(=O)CCc1cnc(C)o1.CCOC(=O)CP(=O)(OCC)OCC.Cc1ncc(C(=O)O)o1.Cc1ncc(C=O)o1.Cc1ncc(CCC=O)o1.Cc1ncc(CCCO)o1.Cc1ncc(CO)o1.[2H]CP.[B].[HH]. The van der Waals surface area contributed by atoms with E-state index in [-0.39, 0.29) is 79.9 Å². The van der Waals surface area contributed by atoms with Gasteiger partial charge in [0.15, 0.2) is 53.3 Å². The second-order valence-corrected chi connectivity index (χ2v) is 19.5. The number of hydrogen-bond acceptors (Lipinski definition) is 29. The molecule has 1 aliphatic rings. The molecule has 1 unspecified atom stereocenters. The predicted octanol–water partition coefficient (Wildman–Crippen LogP) is 10.6. The average molecular weight is 1370 g/mol. The standard InChI is InChI=1S/C9H13NO3.C9H11NO3.C8H17O5P.C7H11NO2.C7H9NO2.C5H5NO3.C5H7NO2.C5H5NO2.C4H8O.CH5P.CH4.B.H2/c2*1-3-12-9(11)5-4-8-6-10-7(2)13-8;1-4-11-8(9)7-14(10,12-5-2)13-6-3;2*1-6-8-5-7(10-6)3-2-4-9;1-3-6-2-4(9-3)5(7)8;2*1-4-6-2-5(3-7)8-4;1-2-4-5-3-1;1-2;;;/h6H,3-5H2,1-2H3;4-6H,3H2,1-2H3;4-7H2,1-3H3;5,9H,2-4H2,1H3;4-5H,2-3H2,1H3;2H,1H3,(H,7,8);2,7H,3H2,1H3;2-3H,1H3;1-4H2;2H2,1H3;1H4;;1H/b;5-4+;;;;;;;;;;;/i;;;;;;;;;1D;;;. The van der Waals surface area contributed by atoms with Gasteiger partial charge in [-0.15, -0.1) is 9.24 Å². The summed E-state index contributed by atoms with van der Waals surface area (Å²) in [5.41, 5.74) is 0. The molecule has 8 rings (SSSR count). The predicted molar refractivity (Wildman–Crippen MR) is 350 cm³/mol. The van der Waals surface area contributed by atoms with Crippen molar-refractivity contribution < 1.29 is 110 Å². The lowest BCUT2D eigenvalue weighted by Crippen LogP contribution is -2.12. The van der Waals surface area contributed by atoms with Crippen LogP contribution >= 0.6 is 16.8 Å². The Morgan fingerprint density at radius 2 is 1.01 bits per heavy atom. The lowest BCUT2D eigenvalue weighted by Gasteiger charge is -2.15. The van der Waals surface area contributed by atoms with Crippen molar-refractivity contribution in [3.05, 3.63) is 131 Å². The van der Waals surface area contributed by atoms with Crippen LogP contribution in [0.4, 0.5) is 0 Å². The first kappa shape index (κ1) is 90.1. The van der Waals surface area contributed by atoms with Crippen molar-refractivity contribution in [2.75, 3.05) is 65.7 Å². The van der Waals surface area contributed by atoms with E-state index in [1.165, 1.54) is 43.6 Å². The molecule has 8 heterocycles. The molecular formula is C61H97BN7O23P2. The zero-order chi connectivity index (χ0) is 70.2. The maximum Gasteiger partial charge on any atom is 0.373 e. The molecule has 0 bridgehead atoms. The molecule has 3 radical (unpaired) electrons. The van der Waals surface area contributed by atoms with Gasteiger partial charge in [0.1, 0.15) is 47.9 Å². The molecule has 0 aliphatic carbocycles.